The molecule has 0 saturated carbocycles. The second-order valence-electron chi connectivity index (χ2n) is 5.39. The van der Waals surface area contributed by atoms with E-state index in [4.69, 9.17) is 0 Å². The Hall–Kier alpha value is -0.910. The molecule has 2 heterocycles. The van der Waals surface area contributed by atoms with E-state index in [0.29, 0.717) is 0 Å². The zero-order valence-electron chi connectivity index (χ0n) is 12.6. The van der Waals surface area contributed by atoms with Crippen molar-refractivity contribution in [3.63, 3.8) is 0 Å². The predicted molar refractivity (Wildman–Crippen MR) is 83.8 cm³/mol. The van der Waals surface area contributed by atoms with Crippen LogP contribution in [0.2, 0.25) is 0 Å². The van der Waals surface area contributed by atoms with Gasteiger partial charge in [0, 0.05) is 13.1 Å². The van der Waals surface area contributed by atoms with Crippen LogP contribution in [0.3, 0.4) is 0 Å². The molecular formula is C15H25N3OS. The monoisotopic (exact) mass is 295 g/mol. The molecule has 1 aliphatic rings. The molecule has 1 saturated heterocycles. The zero-order valence-corrected chi connectivity index (χ0v) is 13.4. The van der Waals surface area contributed by atoms with Crippen LogP contribution in [-0.2, 0) is 4.79 Å². The second-order valence-corrected chi connectivity index (χ2v) is 6.17. The third-order valence-electron chi connectivity index (χ3n) is 3.95. The summed E-state index contributed by atoms with van der Waals surface area (Å²) in [7, 11) is 2.09. The molecule has 1 aliphatic heterocycles. The average Bonchev–Trinajstić information content (AvgIpc) is 3.06. The number of nitrogens with one attached hydrogen (secondary N) is 1. The summed E-state index contributed by atoms with van der Waals surface area (Å²) in [5.74, 6) is 0.257. The highest BCUT2D eigenvalue weighted by molar-refractivity contribution is 7.07. The number of carbonyl (C=O) groups is 1. The first-order valence-electron chi connectivity index (χ1n) is 7.44. The van der Waals surface area contributed by atoms with Crippen LogP contribution in [-0.4, -0.2) is 48.4 Å². The topological polar surface area (TPSA) is 35.6 Å². The summed E-state index contributed by atoms with van der Waals surface area (Å²) in [6.07, 6.45) is 2.00. The number of amides is 1. The van der Waals surface area contributed by atoms with Gasteiger partial charge in [-0.1, -0.05) is 20.3 Å². The van der Waals surface area contributed by atoms with Crippen LogP contribution in [0.5, 0.6) is 0 Å². The van der Waals surface area contributed by atoms with E-state index in [-0.39, 0.29) is 18.1 Å². The fourth-order valence-electron chi connectivity index (χ4n) is 2.56. The Kier molecular flexibility index (Phi) is 5.57. The lowest BCUT2D eigenvalue weighted by molar-refractivity contribution is -0.130. The first kappa shape index (κ1) is 15.5. The molecule has 112 valence electrons. The Bertz CT molecular complexity index is 421. The number of nitrogens with zero attached hydrogens (tertiary/aromatic N) is 2. The van der Waals surface area contributed by atoms with Gasteiger partial charge in [-0.25, -0.2) is 0 Å². The Morgan fingerprint density at radius 1 is 1.45 bits per heavy atom. The maximum atomic E-state index is 12.6. The lowest BCUT2D eigenvalue weighted by atomic mass is 10.2. The van der Waals surface area contributed by atoms with Crippen LogP contribution in [0, 0.1) is 0 Å². The van der Waals surface area contributed by atoms with E-state index in [0.717, 1.165) is 32.5 Å². The first-order valence-corrected chi connectivity index (χ1v) is 8.38. The van der Waals surface area contributed by atoms with Gasteiger partial charge >= 0.3 is 0 Å². The van der Waals surface area contributed by atoms with Crippen molar-refractivity contribution in [2.75, 3.05) is 26.7 Å². The summed E-state index contributed by atoms with van der Waals surface area (Å²) in [4.78, 5) is 16.8. The van der Waals surface area contributed by atoms with Crippen molar-refractivity contribution in [2.24, 2.45) is 0 Å². The van der Waals surface area contributed by atoms with Gasteiger partial charge in [-0.2, -0.15) is 11.3 Å². The van der Waals surface area contributed by atoms with Crippen LogP contribution < -0.4 is 5.32 Å². The van der Waals surface area contributed by atoms with E-state index in [1.165, 1.54) is 5.56 Å². The average molecular weight is 295 g/mol. The van der Waals surface area contributed by atoms with E-state index in [1.54, 1.807) is 11.3 Å². The summed E-state index contributed by atoms with van der Waals surface area (Å²) >= 11 is 1.68. The van der Waals surface area contributed by atoms with Gasteiger partial charge in [0.15, 0.2) is 0 Å². The smallest absolute Gasteiger partial charge is 0.241 e. The zero-order chi connectivity index (χ0) is 14.5. The highest BCUT2D eigenvalue weighted by Gasteiger charge is 2.38. The SMILES string of the molecule is CCCC1NC(c2ccsc2)N(CCN(C)CC)C1=O. The number of likely N-dealkylation sites (N-methyl/N-ethyl adjacent to an activating group) is 1. The molecule has 0 aromatic carbocycles. The second kappa shape index (κ2) is 7.20. The molecular weight excluding hydrogens is 270 g/mol. The molecule has 0 radical (unpaired) electrons. The quantitative estimate of drug-likeness (QED) is 0.838. The Morgan fingerprint density at radius 2 is 2.25 bits per heavy atom. The highest BCUT2D eigenvalue weighted by Crippen LogP contribution is 2.28. The summed E-state index contributed by atoms with van der Waals surface area (Å²) < 4.78 is 0. The Morgan fingerprint density at radius 3 is 2.85 bits per heavy atom. The van der Waals surface area contributed by atoms with E-state index < -0.39 is 0 Å². The van der Waals surface area contributed by atoms with Crippen LogP contribution in [0.4, 0.5) is 0 Å². The molecule has 1 aromatic heterocycles. The molecule has 0 bridgehead atoms. The summed E-state index contributed by atoms with van der Waals surface area (Å²) in [5, 5.41) is 7.71. The first-order chi connectivity index (χ1) is 9.67. The third kappa shape index (κ3) is 3.40. The molecule has 2 unspecified atom stereocenters. The minimum atomic E-state index is -0.0168. The van der Waals surface area contributed by atoms with Gasteiger partial charge < -0.3 is 9.80 Å². The van der Waals surface area contributed by atoms with Gasteiger partial charge in [-0.05, 0) is 42.4 Å². The van der Waals surface area contributed by atoms with Crippen molar-refractivity contribution in [1.82, 2.24) is 15.1 Å². The number of hydrogen-bond donors (Lipinski definition) is 1. The van der Waals surface area contributed by atoms with E-state index >= 15 is 0 Å². The molecule has 4 nitrogen and oxygen atoms in total. The normalized spacial score (nSPS) is 23.0. The van der Waals surface area contributed by atoms with Crippen molar-refractivity contribution in [3.8, 4) is 0 Å². The predicted octanol–water partition coefficient (Wildman–Crippen LogP) is 2.30. The molecule has 1 fully saturated rings. The van der Waals surface area contributed by atoms with Gasteiger partial charge in [0.1, 0.15) is 6.17 Å². The van der Waals surface area contributed by atoms with Crippen LogP contribution in [0.15, 0.2) is 16.8 Å². The Labute approximate surface area is 125 Å². The van der Waals surface area contributed by atoms with Crippen molar-refractivity contribution in [3.05, 3.63) is 22.4 Å². The van der Waals surface area contributed by atoms with Crippen molar-refractivity contribution >= 4 is 17.2 Å². The highest BCUT2D eigenvalue weighted by atomic mass is 32.1. The van der Waals surface area contributed by atoms with E-state index in [2.05, 4.69) is 47.9 Å². The third-order valence-corrected chi connectivity index (χ3v) is 4.65. The minimum absolute atomic E-state index is 0.0168. The van der Waals surface area contributed by atoms with Gasteiger partial charge in [-0.3, -0.25) is 10.1 Å². The molecule has 0 spiro atoms. The molecule has 1 N–H and O–H groups in total. The van der Waals surface area contributed by atoms with Crippen LogP contribution in [0.25, 0.3) is 0 Å². The lowest BCUT2D eigenvalue weighted by Crippen LogP contribution is -2.37. The molecule has 1 amide bonds. The van der Waals surface area contributed by atoms with Gasteiger partial charge in [-0.15, -0.1) is 0 Å². The summed E-state index contributed by atoms with van der Waals surface area (Å²) in [6.45, 7) is 6.99. The summed E-state index contributed by atoms with van der Waals surface area (Å²) in [5.41, 5.74) is 1.21. The summed E-state index contributed by atoms with van der Waals surface area (Å²) in [6, 6.07) is 2.09. The molecule has 2 rings (SSSR count). The molecule has 1 aromatic rings. The van der Waals surface area contributed by atoms with Crippen molar-refractivity contribution in [2.45, 2.75) is 38.9 Å². The van der Waals surface area contributed by atoms with E-state index in [9.17, 15) is 4.79 Å². The lowest BCUT2D eigenvalue weighted by Gasteiger charge is -2.26. The number of rotatable bonds is 7. The number of carbonyl (C=O) groups excluding carboxylic acids is 1. The van der Waals surface area contributed by atoms with Gasteiger partial charge in [0.05, 0.1) is 6.04 Å². The fourth-order valence-corrected chi connectivity index (χ4v) is 3.24. The van der Waals surface area contributed by atoms with Crippen LogP contribution >= 0.6 is 11.3 Å². The number of hydrogen-bond acceptors (Lipinski definition) is 4. The van der Waals surface area contributed by atoms with Gasteiger partial charge in [0.2, 0.25) is 5.91 Å². The Balaban J connectivity index is 2.08. The van der Waals surface area contributed by atoms with Crippen molar-refractivity contribution < 1.29 is 4.79 Å². The maximum absolute atomic E-state index is 12.6. The standard InChI is InChI=1S/C15H25N3OS/c1-4-6-13-15(19)18(9-8-17(3)5-2)14(16-13)12-7-10-20-11-12/h7,10-11,13-14,16H,4-6,8-9H2,1-3H3. The van der Waals surface area contributed by atoms with Crippen LogP contribution in [0.1, 0.15) is 38.4 Å². The molecule has 0 aliphatic carbocycles. The van der Waals surface area contributed by atoms with E-state index in [1.807, 2.05) is 4.90 Å². The minimum Gasteiger partial charge on any atom is -0.320 e. The largest absolute Gasteiger partial charge is 0.320 e. The maximum Gasteiger partial charge on any atom is 0.241 e. The molecule has 20 heavy (non-hydrogen) atoms. The fraction of sp³-hybridized carbons (Fsp3) is 0.667. The van der Waals surface area contributed by atoms with Gasteiger partial charge in [0.25, 0.3) is 0 Å². The molecule has 5 heteroatoms. The number of thiophene rings is 1. The van der Waals surface area contributed by atoms with Crippen molar-refractivity contribution in [1.29, 1.82) is 0 Å². The molecule has 2 atom stereocenters.